The number of rotatable bonds is 8. The maximum atomic E-state index is 13.3. The van der Waals surface area contributed by atoms with Gasteiger partial charge in [0.25, 0.3) is 0 Å². The average Bonchev–Trinajstić information content (AvgIpc) is 3.28. The normalized spacial score (nSPS) is 22.6. The molecule has 1 saturated carbocycles. The van der Waals surface area contributed by atoms with Crippen LogP contribution in [0.4, 0.5) is 4.79 Å². The molecule has 3 amide bonds. The van der Waals surface area contributed by atoms with Gasteiger partial charge in [-0.1, -0.05) is 0 Å². The van der Waals surface area contributed by atoms with Gasteiger partial charge in [-0.15, -0.1) is 0 Å². The summed E-state index contributed by atoms with van der Waals surface area (Å²) in [6, 6.07) is -0.401. The number of fused-ring (bicyclic) bond motifs is 1. The predicted molar refractivity (Wildman–Crippen MR) is 118 cm³/mol. The number of aromatic nitrogens is 2. The molecule has 1 N–H and O–H groups in total. The highest BCUT2D eigenvalue weighted by molar-refractivity contribution is 7.98. The summed E-state index contributed by atoms with van der Waals surface area (Å²) >= 11 is 1.59. The second kappa shape index (κ2) is 8.03. The molecule has 9 nitrogen and oxygen atoms in total. The Morgan fingerprint density at radius 1 is 1.32 bits per heavy atom. The lowest BCUT2D eigenvalue weighted by molar-refractivity contribution is -0.434. The van der Waals surface area contributed by atoms with Crippen molar-refractivity contribution in [2.75, 3.05) is 18.6 Å². The number of hydrogen-bond donors (Lipinski definition) is 1. The van der Waals surface area contributed by atoms with Gasteiger partial charge >= 0.3 is 11.9 Å². The number of sulfonamides is 1. The van der Waals surface area contributed by atoms with Gasteiger partial charge in [0.05, 0.1) is 11.1 Å². The maximum Gasteiger partial charge on any atom is 0.501 e. The predicted octanol–water partition coefficient (Wildman–Crippen LogP) is 1.24. The minimum Gasteiger partial charge on any atom is -0.275 e. The molecule has 1 atom stereocenters. The standard InChI is InChI=1S/C20H26N5O4S2/c1-20(6-7-20)22-31(28,29)15-4-5-17-16(10-15)18(26)25(13-14-11-21-23(2)12-14)19(27)24(17)8-9-30-3/h4-5,10-12,16,22H,6-9,13H2,1-3H3/q+1. The van der Waals surface area contributed by atoms with Crippen molar-refractivity contribution in [2.24, 2.45) is 13.0 Å². The van der Waals surface area contributed by atoms with Crippen LogP contribution in [-0.2, 0) is 28.4 Å². The van der Waals surface area contributed by atoms with E-state index in [1.165, 1.54) is 17.1 Å². The molecule has 0 spiro atoms. The molecule has 1 unspecified atom stereocenters. The Labute approximate surface area is 185 Å². The molecular formula is C20H26N5O4S2+. The van der Waals surface area contributed by atoms with Crippen LogP contribution in [-0.4, -0.2) is 69.4 Å². The topological polar surface area (TPSA) is 104 Å². The number of carbonyl (C=O) groups excluding carboxylic acids is 2. The van der Waals surface area contributed by atoms with Gasteiger partial charge in [-0.25, -0.2) is 17.9 Å². The lowest BCUT2D eigenvalue weighted by Crippen LogP contribution is -2.54. The van der Waals surface area contributed by atoms with Crippen LogP contribution in [0.1, 0.15) is 25.3 Å². The molecule has 2 heterocycles. The molecule has 1 aromatic rings. The number of aryl methyl sites for hydroxylation is 1. The third kappa shape index (κ3) is 4.39. The van der Waals surface area contributed by atoms with Crippen LogP contribution in [0.2, 0.25) is 0 Å². The lowest BCUT2D eigenvalue weighted by Gasteiger charge is -2.27. The zero-order chi connectivity index (χ0) is 22.4. The smallest absolute Gasteiger partial charge is 0.275 e. The van der Waals surface area contributed by atoms with Crippen molar-refractivity contribution in [3.05, 3.63) is 41.1 Å². The Morgan fingerprint density at radius 3 is 2.68 bits per heavy atom. The van der Waals surface area contributed by atoms with E-state index >= 15 is 0 Å². The summed E-state index contributed by atoms with van der Waals surface area (Å²) in [7, 11) is -1.99. The molecule has 4 rings (SSSR count). The van der Waals surface area contributed by atoms with E-state index in [-0.39, 0.29) is 11.4 Å². The summed E-state index contributed by atoms with van der Waals surface area (Å²) in [5.41, 5.74) is 0.827. The summed E-state index contributed by atoms with van der Waals surface area (Å²) in [6.07, 6.45) is 11.4. The van der Waals surface area contributed by atoms with E-state index in [0.29, 0.717) is 18.0 Å². The third-order valence-electron chi connectivity index (χ3n) is 5.68. The van der Waals surface area contributed by atoms with Crippen LogP contribution in [0.3, 0.4) is 0 Å². The number of amides is 3. The summed E-state index contributed by atoms with van der Waals surface area (Å²) in [4.78, 5) is 27.7. The first-order valence-corrected chi connectivity index (χ1v) is 12.9. The molecule has 0 aromatic carbocycles. The van der Waals surface area contributed by atoms with E-state index < -0.39 is 33.4 Å². The van der Waals surface area contributed by atoms with Crippen molar-refractivity contribution in [3.8, 4) is 0 Å². The van der Waals surface area contributed by atoms with E-state index in [2.05, 4.69) is 9.82 Å². The molecule has 0 radical (unpaired) electrons. The largest absolute Gasteiger partial charge is 0.501 e. The highest BCUT2D eigenvalue weighted by Gasteiger charge is 2.48. The number of urea groups is 1. The highest BCUT2D eigenvalue weighted by atomic mass is 32.2. The van der Waals surface area contributed by atoms with Gasteiger partial charge in [0.1, 0.15) is 24.7 Å². The van der Waals surface area contributed by atoms with E-state index in [9.17, 15) is 18.0 Å². The number of imide groups is 1. The molecular weight excluding hydrogens is 438 g/mol. The molecule has 0 saturated heterocycles. The number of hydrogen-bond acceptors (Lipinski definition) is 6. The average molecular weight is 465 g/mol. The fourth-order valence-corrected chi connectivity index (χ4v) is 5.59. The lowest BCUT2D eigenvalue weighted by atomic mass is 9.94. The van der Waals surface area contributed by atoms with Crippen molar-refractivity contribution < 1.29 is 22.6 Å². The Bertz CT molecular complexity index is 1130. The van der Waals surface area contributed by atoms with Crippen LogP contribution in [0.15, 0.2) is 35.5 Å². The van der Waals surface area contributed by atoms with E-state index in [0.717, 1.165) is 18.4 Å². The molecule has 1 aliphatic heterocycles. The fourth-order valence-electron chi connectivity index (χ4n) is 3.69. The second-order valence-electron chi connectivity index (χ2n) is 8.34. The van der Waals surface area contributed by atoms with Crippen molar-refractivity contribution in [3.63, 3.8) is 0 Å². The number of carbonyl (C=O) groups is 2. The Morgan fingerprint density at radius 2 is 2.06 bits per heavy atom. The van der Waals surface area contributed by atoms with Crippen LogP contribution < -0.4 is 4.72 Å². The van der Waals surface area contributed by atoms with E-state index in [1.807, 2.05) is 13.2 Å². The number of nitrogens with one attached hydrogen (secondary N) is 1. The van der Waals surface area contributed by atoms with Crippen molar-refractivity contribution in [1.29, 1.82) is 0 Å². The van der Waals surface area contributed by atoms with E-state index in [4.69, 9.17) is 0 Å². The first-order valence-electron chi connectivity index (χ1n) is 10.0. The summed E-state index contributed by atoms with van der Waals surface area (Å²) in [5.74, 6) is -0.571. The van der Waals surface area contributed by atoms with Gasteiger partial charge in [-0.05, 0) is 44.2 Å². The van der Waals surface area contributed by atoms with Crippen LogP contribution in [0.5, 0.6) is 0 Å². The molecule has 3 aliphatic rings. The summed E-state index contributed by atoms with van der Waals surface area (Å²) in [5, 5.41) is 4.10. The molecule has 2 aliphatic carbocycles. The van der Waals surface area contributed by atoms with Crippen LogP contribution in [0.25, 0.3) is 0 Å². The van der Waals surface area contributed by atoms with Crippen molar-refractivity contribution in [1.82, 2.24) is 19.4 Å². The number of nitrogens with zero attached hydrogens (tertiary/aromatic N) is 4. The van der Waals surface area contributed by atoms with Crippen molar-refractivity contribution in [2.45, 2.75) is 31.8 Å². The molecule has 1 aromatic heterocycles. The van der Waals surface area contributed by atoms with Gasteiger partial charge in [0.15, 0.2) is 0 Å². The maximum absolute atomic E-state index is 13.3. The second-order valence-corrected chi connectivity index (χ2v) is 11.0. The molecule has 166 valence electrons. The Hall–Kier alpha value is -2.24. The Balaban J connectivity index is 1.70. The fraction of sp³-hybridized carbons (Fsp3) is 0.500. The summed E-state index contributed by atoms with van der Waals surface area (Å²) < 4.78 is 31.6. The minimum absolute atomic E-state index is 0.0585. The third-order valence-corrected chi connectivity index (χ3v) is 7.93. The molecule has 11 heteroatoms. The van der Waals surface area contributed by atoms with Crippen LogP contribution >= 0.6 is 11.8 Å². The monoisotopic (exact) mass is 464 g/mol. The van der Waals surface area contributed by atoms with Gasteiger partial charge in [0, 0.05) is 30.1 Å². The summed E-state index contributed by atoms with van der Waals surface area (Å²) in [6.45, 7) is 2.37. The SMILES string of the molecule is CSCC[N+]1=C2C=CC(S(=O)(=O)NC3(C)CC3)=CC2C(=O)N(Cc2cnn(C)c2)C1=O. The van der Waals surface area contributed by atoms with Gasteiger partial charge in [0.2, 0.25) is 10.0 Å². The van der Waals surface area contributed by atoms with Gasteiger partial charge in [-0.3, -0.25) is 4.68 Å². The molecule has 1 fully saturated rings. The quantitative estimate of drug-likeness (QED) is 0.581. The van der Waals surface area contributed by atoms with E-state index in [1.54, 1.807) is 46.5 Å². The minimum atomic E-state index is -3.75. The van der Waals surface area contributed by atoms with Crippen molar-refractivity contribution >= 4 is 39.4 Å². The molecule has 0 bridgehead atoms. The first-order chi connectivity index (χ1) is 14.6. The van der Waals surface area contributed by atoms with Crippen LogP contribution in [0, 0.1) is 5.92 Å². The first kappa shape index (κ1) is 22.0. The number of thioether (sulfide) groups is 1. The molecule has 31 heavy (non-hydrogen) atoms. The highest BCUT2D eigenvalue weighted by Crippen LogP contribution is 2.36. The Kier molecular flexibility index (Phi) is 5.69. The zero-order valence-electron chi connectivity index (χ0n) is 17.7. The number of allylic oxidation sites excluding steroid dienone is 2. The van der Waals surface area contributed by atoms with Gasteiger partial charge < -0.3 is 0 Å². The zero-order valence-corrected chi connectivity index (χ0v) is 19.4. The van der Waals surface area contributed by atoms with Gasteiger partial charge in [-0.2, -0.15) is 31.1 Å².